The fraction of sp³-hybridized carbons (Fsp3) is 0.125. The second kappa shape index (κ2) is 6.17. The minimum absolute atomic E-state index is 0.482. The van der Waals surface area contributed by atoms with Gasteiger partial charge in [0.05, 0.1) is 5.52 Å². The van der Waals surface area contributed by atoms with Crippen LogP contribution in [0.4, 0.5) is 16.0 Å². The second-order valence-electron chi connectivity index (χ2n) is 4.59. The van der Waals surface area contributed by atoms with E-state index in [4.69, 9.17) is 0 Å². The van der Waals surface area contributed by atoms with Crippen molar-refractivity contribution in [1.82, 2.24) is 9.97 Å². The highest BCUT2D eigenvalue weighted by Crippen LogP contribution is 2.14. The monoisotopic (exact) mass is 282 g/mol. The van der Waals surface area contributed by atoms with Gasteiger partial charge in [0.25, 0.3) is 0 Å². The smallest absolute Gasteiger partial charge is 0.214 e. The third-order valence-corrected chi connectivity index (χ3v) is 3.05. The van der Waals surface area contributed by atoms with E-state index in [-0.39, 0.29) is 0 Å². The maximum atomic E-state index is 12.9. The van der Waals surface area contributed by atoms with E-state index in [0.29, 0.717) is 18.9 Å². The van der Waals surface area contributed by atoms with Crippen LogP contribution in [-0.4, -0.2) is 23.1 Å². The summed E-state index contributed by atoms with van der Waals surface area (Å²) in [6, 6.07) is 16.6. The summed E-state index contributed by atoms with van der Waals surface area (Å²) >= 11 is 0. The Hall–Kier alpha value is -2.69. The molecule has 0 radical (unpaired) electrons. The van der Waals surface area contributed by atoms with E-state index in [1.54, 1.807) is 12.1 Å². The Labute approximate surface area is 122 Å². The van der Waals surface area contributed by atoms with Crippen LogP contribution < -0.4 is 10.6 Å². The predicted molar refractivity (Wildman–Crippen MR) is 82.9 cm³/mol. The Morgan fingerprint density at radius 3 is 2.33 bits per heavy atom. The lowest BCUT2D eigenvalue weighted by Crippen LogP contribution is -2.15. The summed E-state index contributed by atoms with van der Waals surface area (Å²) in [6.45, 7) is 1.30. The lowest BCUT2D eigenvalue weighted by molar-refractivity contribution is 0.585. The molecule has 2 N–H and O–H groups in total. The number of hydrogen-bond acceptors (Lipinski definition) is 4. The average molecular weight is 282 g/mol. The molecule has 0 saturated carbocycles. The summed E-state index contributed by atoms with van der Waals surface area (Å²) in [6.07, 6.45) is 0. The minimum atomic E-state index is -0.482. The van der Waals surface area contributed by atoms with E-state index >= 15 is 0 Å². The van der Waals surface area contributed by atoms with E-state index in [9.17, 15) is 4.39 Å². The summed E-state index contributed by atoms with van der Waals surface area (Å²) in [5.41, 5.74) is 0.960. The van der Waals surface area contributed by atoms with Gasteiger partial charge in [0.15, 0.2) is 0 Å². The Bertz CT molecular complexity index is 745. The third kappa shape index (κ3) is 3.45. The van der Waals surface area contributed by atoms with Gasteiger partial charge >= 0.3 is 0 Å². The largest absolute Gasteiger partial charge is 0.368 e. The Balaban J connectivity index is 1.54. The van der Waals surface area contributed by atoms with Gasteiger partial charge in [-0.15, -0.1) is 0 Å². The first kappa shape index (κ1) is 13.3. The van der Waals surface area contributed by atoms with Crippen LogP contribution in [0.1, 0.15) is 0 Å². The summed E-state index contributed by atoms with van der Waals surface area (Å²) in [7, 11) is 0. The molecule has 0 spiro atoms. The minimum Gasteiger partial charge on any atom is -0.368 e. The van der Waals surface area contributed by atoms with Crippen molar-refractivity contribution in [2.24, 2.45) is 0 Å². The molecule has 5 heteroatoms. The normalized spacial score (nSPS) is 10.5. The lowest BCUT2D eigenvalue weighted by atomic mass is 10.2. The zero-order valence-electron chi connectivity index (χ0n) is 11.4. The molecule has 21 heavy (non-hydrogen) atoms. The average Bonchev–Trinajstić information content (AvgIpc) is 2.51. The molecule has 0 aliphatic carbocycles. The molecule has 0 fully saturated rings. The van der Waals surface area contributed by atoms with Crippen molar-refractivity contribution < 1.29 is 4.39 Å². The first-order valence-electron chi connectivity index (χ1n) is 6.77. The van der Waals surface area contributed by atoms with Gasteiger partial charge < -0.3 is 10.6 Å². The van der Waals surface area contributed by atoms with E-state index in [1.807, 2.05) is 36.4 Å². The maximum Gasteiger partial charge on any atom is 0.214 e. The van der Waals surface area contributed by atoms with Crippen LogP contribution in [0, 0.1) is 5.95 Å². The molecular formula is C16H15FN4. The van der Waals surface area contributed by atoms with Gasteiger partial charge in [-0.2, -0.15) is 4.39 Å². The first-order valence-corrected chi connectivity index (χ1v) is 6.77. The molecule has 4 nitrogen and oxygen atoms in total. The number of pyridine rings is 2. The van der Waals surface area contributed by atoms with Crippen LogP contribution in [0.25, 0.3) is 10.9 Å². The summed E-state index contributed by atoms with van der Waals surface area (Å²) in [5, 5.41) is 7.39. The summed E-state index contributed by atoms with van der Waals surface area (Å²) in [4.78, 5) is 8.26. The molecule has 0 atom stereocenters. The van der Waals surface area contributed by atoms with Crippen LogP contribution in [0.3, 0.4) is 0 Å². The highest BCUT2D eigenvalue weighted by Gasteiger charge is 1.98. The molecule has 0 bridgehead atoms. The molecule has 2 aromatic heterocycles. The van der Waals surface area contributed by atoms with Gasteiger partial charge in [0.1, 0.15) is 11.6 Å². The van der Waals surface area contributed by atoms with Crippen molar-refractivity contribution in [3.05, 3.63) is 60.5 Å². The number of para-hydroxylation sites is 1. The van der Waals surface area contributed by atoms with Crippen molar-refractivity contribution in [3.8, 4) is 0 Å². The number of fused-ring (bicyclic) bond motifs is 1. The van der Waals surface area contributed by atoms with Gasteiger partial charge in [0.2, 0.25) is 5.95 Å². The number of nitrogens with one attached hydrogen (secondary N) is 2. The number of nitrogens with zero attached hydrogens (tertiary/aromatic N) is 2. The highest BCUT2D eigenvalue weighted by molar-refractivity contribution is 5.80. The topological polar surface area (TPSA) is 49.8 Å². The molecule has 106 valence electrons. The zero-order chi connectivity index (χ0) is 14.5. The molecule has 0 unspecified atom stereocenters. The van der Waals surface area contributed by atoms with Crippen LogP contribution in [0.2, 0.25) is 0 Å². The van der Waals surface area contributed by atoms with Crippen molar-refractivity contribution in [1.29, 1.82) is 0 Å². The predicted octanol–water partition coefficient (Wildman–Crippen LogP) is 3.29. The van der Waals surface area contributed by atoms with Crippen LogP contribution in [-0.2, 0) is 0 Å². The summed E-state index contributed by atoms with van der Waals surface area (Å²) in [5.74, 6) is 0.870. The molecule has 1 aromatic carbocycles. The maximum absolute atomic E-state index is 12.9. The van der Waals surface area contributed by atoms with E-state index in [2.05, 4.69) is 20.6 Å². The SMILES string of the molecule is Fc1cccc(NCCNc2ccc3ccccc3n2)n1. The number of rotatable bonds is 5. The first-order chi connectivity index (χ1) is 10.3. The number of benzene rings is 1. The number of hydrogen-bond donors (Lipinski definition) is 2. The van der Waals surface area contributed by atoms with Crippen molar-refractivity contribution >= 4 is 22.5 Å². The van der Waals surface area contributed by atoms with Crippen LogP contribution in [0.5, 0.6) is 0 Å². The quantitative estimate of drug-likeness (QED) is 0.557. The van der Waals surface area contributed by atoms with Crippen molar-refractivity contribution in [2.45, 2.75) is 0 Å². The van der Waals surface area contributed by atoms with Gasteiger partial charge in [-0.25, -0.2) is 9.97 Å². The molecule has 2 heterocycles. The molecule has 0 aliphatic heterocycles. The fourth-order valence-electron chi connectivity index (χ4n) is 2.05. The molecule has 0 saturated heterocycles. The van der Waals surface area contributed by atoms with Crippen molar-refractivity contribution in [2.75, 3.05) is 23.7 Å². The number of aromatic nitrogens is 2. The van der Waals surface area contributed by atoms with E-state index in [0.717, 1.165) is 16.7 Å². The fourth-order valence-corrected chi connectivity index (χ4v) is 2.05. The van der Waals surface area contributed by atoms with Crippen LogP contribution >= 0.6 is 0 Å². The molecule has 3 rings (SSSR count). The zero-order valence-corrected chi connectivity index (χ0v) is 11.4. The Morgan fingerprint density at radius 1 is 0.762 bits per heavy atom. The van der Waals surface area contributed by atoms with Gasteiger partial charge in [-0.05, 0) is 30.3 Å². The molecule has 0 amide bonds. The molecule has 3 aromatic rings. The molecule has 0 aliphatic rings. The Morgan fingerprint density at radius 2 is 1.52 bits per heavy atom. The number of halogens is 1. The van der Waals surface area contributed by atoms with Crippen molar-refractivity contribution in [3.63, 3.8) is 0 Å². The third-order valence-electron chi connectivity index (χ3n) is 3.05. The van der Waals surface area contributed by atoms with Gasteiger partial charge in [-0.1, -0.05) is 24.3 Å². The van der Waals surface area contributed by atoms with E-state index in [1.165, 1.54) is 6.07 Å². The lowest BCUT2D eigenvalue weighted by Gasteiger charge is -2.08. The highest BCUT2D eigenvalue weighted by atomic mass is 19.1. The van der Waals surface area contributed by atoms with E-state index < -0.39 is 5.95 Å². The number of anilines is 2. The van der Waals surface area contributed by atoms with Crippen LogP contribution in [0.15, 0.2) is 54.6 Å². The standard InChI is InChI=1S/C16H15FN4/c17-14-6-3-7-15(21-14)18-10-11-19-16-9-8-12-4-1-2-5-13(12)20-16/h1-9H,10-11H2,(H,18,21)(H,19,20). The molecular weight excluding hydrogens is 267 g/mol. The second-order valence-corrected chi connectivity index (χ2v) is 4.59. The Kier molecular flexibility index (Phi) is 3.91. The van der Waals surface area contributed by atoms with Gasteiger partial charge in [-0.3, -0.25) is 0 Å². The van der Waals surface area contributed by atoms with Gasteiger partial charge in [0, 0.05) is 18.5 Å². The summed E-state index contributed by atoms with van der Waals surface area (Å²) < 4.78 is 12.9.